The van der Waals surface area contributed by atoms with Crippen molar-refractivity contribution < 1.29 is 19.4 Å². The number of carbonyl (C=O) groups is 2. The Morgan fingerprint density at radius 1 is 1.47 bits per heavy atom. The summed E-state index contributed by atoms with van der Waals surface area (Å²) in [5.41, 5.74) is -0.545. The van der Waals surface area contributed by atoms with E-state index in [1.807, 2.05) is 0 Å². The van der Waals surface area contributed by atoms with Crippen molar-refractivity contribution in [3.8, 4) is 0 Å². The van der Waals surface area contributed by atoms with Gasteiger partial charge in [0.2, 0.25) is 0 Å². The molecule has 0 aromatic heterocycles. The van der Waals surface area contributed by atoms with Crippen LogP contribution in [-0.2, 0) is 9.53 Å². The van der Waals surface area contributed by atoms with Gasteiger partial charge in [0.05, 0.1) is 29.4 Å². The first kappa shape index (κ1) is 14.2. The monoisotopic (exact) mass is 327 g/mol. The van der Waals surface area contributed by atoms with Crippen molar-refractivity contribution in [3.63, 3.8) is 0 Å². The van der Waals surface area contributed by atoms with Crippen LogP contribution in [0.2, 0.25) is 0 Å². The zero-order chi connectivity index (χ0) is 12.1. The largest absolute Gasteiger partial charge is 0.478 e. The number of ether oxygens (including phenoxy) is 1. The van der Waals surface area contributed by atoms with E-state index in [4.69, 9.17) is 9.84 Å². The molecule has 5 nitrogen and oxygen atoms in total. The standard InChI is InChI=1S/C9H14INO4/c1-9(2,3)15-8(14)11(10)6-4-5-7(12)13/h4-5H,6H2,1-3H3,(H,12,13)/b5-4+. The van der Waals surface area contributed by atoms with Gasteiger partial charge < -0.3 is 9.84 Å². The summed E-state index contributed by atoms with van der Waals surface area (Å²) in [6.45, 7) is 5.50. The fraction of sp³-hybridized carbons (Fsp3) is 0.556. The molecule has 1 amide bonds. The SMILES string of the molecule is CC(C)(C)OC(=O)N(I)C/C=C/C(=O)O. The molecule has 15 heavy (non-hydrogen) atoms. The molecule has 0 fully saturated rings. The van der Waals surface area contributed by atoms with E-state index in [9.17, 15) is 9.59 Å². The van der Waals surface area contributed by atoms with Gasteiger partial charge in [0.1, 0.15) is 5.60 Å². The van der Waals surface area contributed by atoms with Crippen LogP contribution < -0.4 is 0 Å². The third-order valence-corrected chi connectivity index (χ3v) is 1.91. The molecular formula is C9H14INO4. The maximum Gasteiger partial charge on any atom is 0.419 e. The molecule has 0 aliphatic carbocycles. The smallest absolute Gasteiger partial charge is 0.419 e. The van der Waals surface area contributed by atoms with Crippen molar-refractivity contribution in [2.24, 2.45) is 0 Å². The second-order valence-corrected chi connectivity index (χ2v) is 4.93. The zero-order valence-electron chi connectivity index (χ0n) is 8.86. The summed E-state index contributed by atoms with van der Waals surface area (Å²) >= 11 is 1.77. The highest BCUT2D eigenvalue weighted by molar-refractivity contribution is 14.1. The van der Waals surface area contributed by atoms with Crippen molar-refractivity contribution >= 4 is 34.9 Å². The predicted molar refractivity (Wildman–Crippen MR) is 63.7 cm³/mol. The van der Waals surface area contributed by atoms with Crippen LogP contribution in [0.5, 0.6) is 0 Å². The van der Waals surface area contributed by atoms with Crippen molar-refractivity contribution in [2.45, 2.75) is 26.4 Å². The molecule has 0 rings (SSSR count). The van der Waals surface area contributed by atoms with Crippen LogP contribution in [0.15, 0.2) is 12.2 Å². The van der Waals surface area contributed by atoms with Crippen LogP contribution in [0.3, 0.4) is 0 Å². The van der Waals surface area contributed by atoms with Gasteiger partial charge in [0, 0.05) is 6.08 Å². The van der Waals surface area contributed by atoms with Gasteiger partial charge in [0.15, 0.2) is 0 Å². The van der Waals surface area contributed by atoms with Gasteiger partial charge in [-0.25, -0.2) is 12.7 Å². The van der Waals surface area contributed by atoms with Crippen LogP contribution in [0.1, 0.15) is 20.8 Å². The fourth-order valence-corrected chi connectivity index (χ4v) is 0.958. The fourth-order valence-electron chi connectivity index (χ4n) is 0.632. The molecule has 0 aliphatic rings. The maximum atomic E-state index is 11.3. The topological polar surface area (TPSA) is 66.8 Å². The Kier molecular flexibility index (Phi) is 5.63. The molecular weight excluding hydrogens is 313 g/mol. The van der Waals surface area contributed by atoms with Gasteiger partial charge in [-0.05, 0) is 20.8 Å². The number of carboxylic acids is 1. The molecule has 0 aromatic carbocycles. The Bertz CT molecular complexity index is 270. The first-order valence-electron chi connectivity index (χ1n) is 4.28. The molecule has 0 saturated heterocycles. The Balaban J connectivity index is 4.06. The van der Waals surface area contributed by atoms with E-state index in [1.165, 1.54) is 9.19 Å². The number of nitrogens with zero attached hydrogens (tertiary/aromatic N) is 1. The molecule has 0 saturated carbocycles. The third kappa shape index (κ3) is 8.22. The van der Waals surface area contributed by atoms with Gasteiger partial charge in [-0.1, -0.05) is 6.08 Å². The average Bonchev–Trinajstić information content (AvgIpc) is 1.99. The van der Waals surface area contributed by atoms with E-state index >= 15 is 0 Å². The predicted octanol–water partition coefficient (Wildman–Crippen LogP) is 2.21. The number of halogens is 1. The molecule has 6 heteroatoms. The lowest BCUT2D eigenvalue weighted by molar-refractivity contribution is -0.131. The second kappa shape index (κ2) is 5.94. The van der Waals surface area contributed by atoms with E-state index < -0.39 is 17.7 Å². The second-order valence-electron chi connectivity index (χ2n) is 3.77. The van der Waals surface area contributed by atoms with Gasteiger partial charge in [-0.2, -0.15) is 0 Å². The number of amides is 1. The Morgan fingerprint density at radius 2 is 2.00 bits per heavy atom. The Hall–Kier alpha value is -0.790. The highest BCUT2D eigenvalue weighted by atomic mass is 127. The summed E-state index contributed by atoms with van der Waals surface area (Å²) in [6.07, 6.45) is 1.87. The number of aliphatic carboxylic acids is 1. The van der Waals surface area contributed by atoms with E-state index in [0.717, 1.165) is 6.08 Å². The van der Waals surface area contributed by atoms with Gasteiger partial charge in [0.25, 0.3) is 0 Å². The quantitative estimate of drug-likeness (QED) is 0.490. The normalized spacial score (nSPS) is 11.5. The molecule has 0 aliphatic heterocycles. The number of carbonyl (C=O) groups excluding carboxylic acids is 1. The van der Waals surface area contributed by atoms with Crippen molar-refractivity contribution in [3.05, 3.63) is 12.2 Å². The molecule has 86 valence electrons. The molecule has 0 spiro atoms. The van der Waals surface area contributed by atoms with Crippen molar-refractivity contribution in [2.75, 3.05) is 6.54 Å². The van der Waals surface area contributed by atoms with Crippen LogP contribution in [0, 0.1) is 0 Å². The molecule has 0 atom stereocenters. The lowest BCUT2D eigenvalue weighted by atomic mass is 10.2. The molecule has 0 aromatic rings. The summed E-state index contributed by atoms with van der Waals surface area (Å²) < 4.78 is 6.32. The minimum absolute atomic E-state index is 0.196. The van der Waals surface area contributed by atoms with E-state index in [1.54, 1.807) is 43.6 Å². The van der Waals surface area contributed by atoms with Gasteiger partial charge in [-0.15, -0.1) is 0 Å². The number of hydrogen-bond acceptors (Lipinski definition) is 3. The number of carboxylic acid groups (broad SMARTS) is 1. The summed E-state index contributed by atoms with van der Waals surface area (Å²) in [4.78, 5) is 21.5. The highest BCUT2D eigenvalue weighted by Crippen LogP contribution is 2.12. The maximum absolute atomic E-state index is 11.3. The summed E-state index contributed by atoms with van der Waals surface area (Å²) in [6, 6.07) is 0. The van der Waals surface area contributed by atoms with E-state index in [2.05, 4.69) is 0 Å². The Morgan fingerprint density at radius 3 is 2.40 bits per heavy atom. The minimum atomic E-state index is -1.04. The molecule has 0 radical (unpaired) electrons. The number of hydrogen-bond donors (Lipinski definition) is 1. The highest BCUT2D eigenvalue weighted by Gasteiger charge is 2.19. The third-order valence-electron chi connectivity index (χ3n) is 1.12. The van der Waals surface area contributed by atoms with Crippen molar-refractivity contribution in [1.82, 2.24) is 3.11 Å². The first-order valence-corrected chi connectivity index (χ1v) is 5.24. The van der Waals surface area contributed by atoms with Crippen LogP contribution in [-0.4, -0.2) is 32.4 Å². The Labute approximate surface area is 103 Å². The summed E-state index contributed by atoms with van der Waals surface area (Å²) in [5, 5.41) is 8.33. The lowest BCUT2D eigenvalue weighted by Crippen LogP contribution is -2.31. The average molecular weight is 327 g/mol. The molecule has 1 N–H and O–H groups in total. The van der Waals surface area contributed by atoms with E-state index in [0.29, 0.717) is 0 Å². The van der Waals surface area contributed by atoms with E-state index in [-0.39, 0.29) is 6.54 Å². The first-order chi connectivity index (χ1) is 6.72. The van der Waals surface area contributed by atoms with Gasteiger partial charge in [-0.3, -0.25) is 0 Å². The number of rotatable bonds is 3. The summed E-state index contributed by atoms with van der Waals surface area (Å²) in [7, 11) is 0. The molecule has 0 unspecified atom stereocenters. The minimum Gasteiger partial charge on any atom is -0.478 e. The molecule has 0 heterocycles. The van der Waals surface area contributed by atoms with Crippen molar-refractivity contribution in [1.29, 1.82) is 0 Å². The molecule has 0 bridgehead atoms. The zero-order valence-corrected chi connectivity index (χ0v) is 11.0. The van der Waals surface area contributed by atoms with Gasteiger partial charge >= 0.3 is 12.1 Å². The lowest BCUT2D eigenvalue weighted by Gasteiger charge is -2.22. The van der Waals surface area contributed by atoms with Crippen LogP contribution in [0.25, 0.3) is 0 Å². The summed E-state index contributed by atoms with van der Waals surface area (Å²) in [5.74, 6) is -1.04. The van der Waals surface area contributed by atoms with Crippen LogP contribution >= 0.6 is 22.9 Å². The van der Waals surface area contributed by atoms with Crippen LogP contribution in [0.4, 0.5) is 4.79 Å².